The summed E-state index contributed by atoms with van der Waals surface area (Å²) in [7, 11) is 1.55. The molecule has 0 bridgehead atoms. The molecule has 0 saturated carbocycles. The quantitative estimate of drug-likeness (QED) is 0.296. The number of carbonyl (C=O) groups excluding carboxylic acids is 1. The van der Waals surface area contributed by atoms with Gasteiger partial charge in [0.15, 0.2) is 5.16 Å². The molecule has 10 heteroatoms. The Morgan fingerprint density at radius 3 is 2.47 bits per heavy atom. The van der Waals surface area contributed by atoms with Crippen molar-refractivity contribution in [1.82, 2.24) is 14.9 Å². The zero-order valence-electron chi connectivity index (χ0n) is 18.7. The maximum Gasteiger partial charge on any atom is 0.416 e. The van der Waals surface area contributed by atoms with E-state index in [1.54, 1.807) is 33.0 Å². The first-order valence-corrected chi connectivity index (χ1v) is 11.2. The zero-order valence-corrected chi connectivity index (χ0v) is 19.6. The molecule has 0 radical (unpaired) electrons. The minimum atomic E-state index is -4.46. The highest BCUT2D eigenvalue weighted by atomic mass is 32.2. The highest BCUT2D eigenvalue weighted by molar-refractivity contribution is 8.00. The molecule has 5 nitrogen and oxygen atoms in total. The van der Waals surface area contributed by atoms with Crippen molar-refractivity contribution in [1.29, 1.82) is 0 Å². The second-order valence-corrected chi connectivity index (χ2v) is 9.11. The molecular weight excluding hydrogens is 470 g/mol. The molecule has 0 saturated heterocycles. The van der Waals surface area contributed by atoms with Crippen LogP contribution >= 0.6 is 11.8 Å². The fourth-order valence-corrected chi connectivity index (χ4v) is 4.18. The summed E-state index contributed by atoms with van der Waals surface area (Å²) in [6, 6.07) is 10.6. The first kappa shape index (κ1) is 25.5. The van der Waals surface area contributed by atoms with Crippen LogP contribution in [0.5, 0.6) is 0 Å². The number of rotatable bonds is 7. The van der Waals surface area contributed by atoms with Crippen LogP contribution in [0.2, 0.25) is 0 Å². The normalized spacial score (nSPS) is 12.4. The monoisotopic (exact) mass is 493 g/mol. The maximum absolute atomic E-state index is 13.1. The van der Waals surface area contributed by atoms with Crippen LogP contribution in [0.1, 0.15) is 34.9 Å². The first-order chi connectivity index (χ1) is 16.0. The molecule has 0 spiro atoms. The Morgan fingerprint density at radius 2 is 1.82 bits per heavy atom. The summed E-state index contributed by atoms with van der Waals surface area (Å²) in [4.78, 5) is 29.9. The standard InChI is InChI=1S/C24H23F4N3O2S/c1-14-20(12-16-7-9-19(25)10-8-16)22(33)31(3)23(30-14)34-15(2)21(32)29-13-17-5-4-6-18(11-17)24(26,27)28/h4-11,15H,12-13H2,1-3H3,(H,29,32). The Kier molecular flexibility index (Phi) is 7.81. The molecule has 1 amide bonds. The number of alkyl halides is 3. The molecule has 0 fully saturated rings. The van der Waals surface area contributed by atoms with Crippen molar-refractivity contribution < 1.29 is 22.4 Å². The minimum absolute atomic E-state index is 0.0599. The van der Waals surface area contributed by atoms with Crippen molar-refractivity contribution in [2.24, 2.45) is 7.05 Å². The van der Waals surface area contributed by atoms with Crippen LogP contribution in [0.25, 0.3) is 0 Å². The molecule has 2 aromatic carbocycles. The molecule has 3 aromatic rings. The summed E-state index contributed by atoms with van der Waals surface area (Å²) in [5.74, 6) is -0.761. The summed E-state index contributed by atoms with van der Waals surface area (Å²) < 4.78 is 53.1. The van der Waals surface area contributed by atoms with E-state index in [9.17, 15) is 27.2 Å². The van der Waals surface area contributed by atoms with Gasteiger partial charge in [-0.05, 0) is 49.2 Å². The average Bonchev–Trinajstić information content (AvgIpc) is 2.79. The number of benzene rings is 2. The number of aryl methyl sites for hydroxylation is 1. The second kappa shape index (κ2) is 10.4. The highest BCUT2D eigenvalue weighted by Crippen LogP contribution is 2.29. The zero-order chi connectivity index (χ0) is 25.0. The van der Waals surface area contributed by atoms with Gasteiger partial charge in [0, 0.05) is 31.3 Å². The van der Waals surface area contributed by atoms with Crippen LogP contribution in [-0.2, 0) is 31.0 Å². The summed E-state index contributed by atoms with van der Waals surface area (Å²) in [5.41, 5.74) is 1.03. The lowest BCUT2D eigenvalue weighted by atomic mass is 10.1. The van der Waals surface area contributed by atoms with E-state index in [0.29, 0.717) is 28.4 Å². The van der Waals surface area contributed by atoms with Crippen LogP contribution in [-0.4, -0.2) is 20.7 Å². The van der Waals surface area contributed by atoms with Gasteiger partial charge in [0.25, 0.3) is 5.56 Å². The molecule has 3 rings (SSSR count). The van der Waals surface area contributed by atoms with Gasteiger partial charge in [-0.1, -0.05) is 36.0 Å². The van der Waals surface area contributed by atoms with Gasteiger partial charge in [0.05, 0.1) is 10.8 Å². The number of aromatic nitrogens is 2. The van der Waals surface area contributed by atoms with E-state index >= 15 is 0 Å². The first-order valence-electron chi connectivity index (χ1n) is 10.4. The molecule has 180 valence electrons. The van der Waals surface area contributed by atoms with E-state index < -0.39 is 22.9 Å². The molecule has 1 heterocycles. The minimum Gasteiger partial charge on any atom is -0.351 e. The van der Waals surface area contributed by atoms with Crippen LogP contribution in [0, 0.1) is 12.7 Å². The second-order valence-electron chi connectivity index (χ2n) is 7.80. The van der Waals surface area contributed by atoms with Gasteiger partial charge in [0.1, 0.15) is 5.82 Å². The Balaban J connectivity index is 1.68. The van der Waals surface area contributed by atoms with Gasteiger partial charge in [-0.3, -0.25) is 14.2 Å². The van der Waals surface area contributed by atoms with Gasteiger partial charge in [-0.25, -0.2) is 9.37 Å². The van der Waals surface area contributed by atoms with Crippen molar-refractivity contribution >= 4 is 17.7 Å². The topological polar surface area (TPSA) is 64.0 Å². The molecule has 1 N–H and O–H groups in total. The molecule has 0 aliphatic rings. The third-order valence-corrected chi connectivity index (χ3v) is 6.36. The smallest absolute Gasteiger partial charge is 0.351 e. The number of amides is 1. The van der Waals surface area contributed by atoms with Crippen molar-refractivity contribution in [2.75, 3.05) is 0 Å². The van der Waals surface area contributed by atoms with Gasteiger partial charge in [0.2, 0.25) is 5.91 Å². The van der Waals surface area contributed by atoms with Gasteiger partial charge >= 0.3 is 6.18 Å². The van der Waals surface area contributed by atoms with Gasteiger partial charge < -0.3 is 5.32 Å². The predicted molar refractivity (Wildman–Crippen MR) is 122 cm³/mol. The number of nitrogens with one attached hydrogen (secondary N) is 1. The fraction of sp³-hybridized carbons (Fsp3) is 0.292. The van der Waals surface area contributed by atoms with Crippen LogP contribution in [0.4, 0.5) is 17.6 Å². The summed E-state index contributed by atoms with van der Waals surface area (Å²) in [6.45, 7) is 3.26. The fourth-order valence-electron chi connectivity index (χ4n) is 3.25. The van der Waals surface area contributed by atoms with Crippen LogP contribution in [0.3, 0.4) is 0 Å². The van der Waals surface area contributed by atoms with E-state index in [1.165, 1.54) is 28.8 Å². The largest absolute Gasteiger partial charge is 0.416 e. The summed E-state index contributed by atoms with van der Waals surface area (Å²) in [5, 5.41) is 2.31. The lowest BCUT2D eigenvalue weighted by Crippen LogP contribution is -2.32. The lowest BCUT2D eigenvalue weighted by molar-refractivity contribution is -0.137. The van der Waals surface area contributed by atoms with Gasteiger partial charge in [-0.15, -0.1) is 0 Å². The van der Waals surface area contributed by atoms with Crippen molar-refractivity contribution in [3.05, 3.63) is 92.6 Å². The summed E-state index contributed by atoms with van der Waals surface area (Å²) in [6.07, 6.45) is -4.16. The van der Waals surface area contributed by atoms with E-state index in [-0.39, 0.29) is 17.9 Å². The number of thioether (sulfide) groups is 1. The molecule has 1 atom stereocenters. The van der Waals surface area contributed by atoms with Crippen LogP contribution < -0.4 is 10.9 Å². The Bertz CT molecular complexity index is 1240. The van der Waals surface area contributed by atoms with E-state index in [2.05, 4.69) is 10.3 Å². The highest BCUT2D eigenvalue weighted by Gasteiger charge is 2.30. The van der Waals surface area contributed by atoms with Crippen molar-refractivity contribution in [3.63, 3.8) is 0 Å². The SMILES string of the molecule is Cc1nc(SC(C)C(=O)NCc2cccc(C(F)(F)F)c2)n(C)c(=O)c1Cc1ccc(F)cc1. The third kappa shape index (κ3) is 6.25. The number of hydrogen-bond donors (Lipinski definition) is 1. The Morgan fingerprint density at radius 1 is 1.15 bits per heavy atom. The predicted octanol–water partition coefficient (Wildman–Crippen LogP) is 4.63. The number of halogens is 4. The third-order valence-electron chi connectivity index (χ3n) is 5.22. The van der Waals surface area contributed by atoms with Gasteiger partial charge in [-0.2, -0.15) is 13.2 Å². The Labute approximate surface area is 198 Å². The molecule has 1 unspecified atom stereocenters. The van der Waals surface area contributed by atoms with Crippen molar-refractivity contribution in [3.8, 4) is 0 Å². The summed E-state index contributed by atoms with van der Waals surface area (Å²) >= 11 is 1.08. The molecule has 0 aliphatic heterocycles. The van der Waals surface area contributed by atoms with E-state index in [0.717, 1.165) is 29.5 Å². The molecule has 0 aliphatic carbocycles. The number of carbonyl (C=O) groups is 1. The van der Waals surface area contributed by atoms with Crippen LogP contribution in [0.15, 0.2) is 58.5 Å². The Hall–Kier alpha value is -3.14. The van der Waals surface area contributed by atoms with E-state index in [1.807, 2.05) is 0 Å². The molecule has 1 aromatic heterocycles. The number of nitrogens with zero attached hydrogens (tertiary/aromatic N) is 2. The average molecular weight is 494 g/mol. The number of hydrogen-bond acceptors (Lipinski definition) is 4. The molecule has 34 heavy (non-hydrogen) atoms. The lowest BCUT2D eigenvalue weighted by Gasteiger charge is -2.16. The van der Waals surface area contributed by atoms with E-state index in [4.69, 9.17) is 0 Å². The maximum atomic E-state index is 13.1. The van der Waals surface area contributed by atoms with Crippen molar-refractivity contribution in [2.45, 2.75) is 43.4 Å². The molecular formula is C24H23F4N3O2S.